The van der Waals surface area contributed by atoms with E-state index < -0.39 is 15.4 Å². The van der Waals surface area contributed by atoms with Crippen LogP contribution in [0.3, 0.4) is 0 Å². The molecule has 136 valence electrons. The summed E-state index contributed by atoms with van der Waals surface area (Å²) in [6.45, 7) is 3.53. The molecule has 0 aromatic heterocycles. The molecule has 0 radical (unpaired) electrons. The maximum atomic E-state index is 13.0. The third kappa shape index (κ3) is 2.81. The molecule has 2 N–H and O–H groups in total. The number of amides is 1. The third-order valence-corrected chi connectivity index (χ3v) is 6.67. The number of sulfonamides is 1. The van der Waals surface area contributed by atoms with E-state index in [9.17, 15) is 17.6 Å². The fraction of sp³-hybridized carbons (Fsp3) is 0.316. The first-order valence-electron chi connectivity index (χ1n) is 8.42. The van der Waals surface area contributed by atoms with Gasteiger partial charge in [0.15, 0.2) is 0 Å². The number of halogens is 1. The van der Waals surface area contributed by atoms with E-state index in [0.717, 1.165) is 5.56 Å². The normalized spacial score (nSPS) is 23.4. The van der Waals surface area contributed by atoms with Gasteiger partial charge in [-0.2, -0.15) is 0 Å². The Bertz CT molecular complexity index is 1000. The van der Waals surface area contributed by atoms with Crippen LogP contribution in [0.5, 0.6) is 0 Å². The number of nitrogens with one attached hydrogen (secondary N) is 2. The Morgan fingerprint density at radius 2 is 1.85 bits per heavy atom. The fourth-order valence-corrected chi connectivity index (χ4v) is 4.70. The van der Waals surface area contributed by atoms with Gasteiger partial charge in [0, 0.05) is 17.6 Å². The number of hydrogen-bond donors (Lipinski definition) is 2. The molecule has 26 heavy (non-hydrogen) atoms. The number of rotatable bonds is 4. The van der Waals surface area contributed by atoms with Crippen LogP contribution < -0.4 is 10.0 Å². The summed E-state index contributed by atoms with van der Waals surface area (Å²) < 4.78 is 41.2. The van der Waals surface area contributed by atoms with E-state index in [4.69, 9.17) is 0 Å². The van der Waals surface area contributed by atoms with Crippen molar-refractivity contribution >= 4 is 21.6 Å². The maximum absolute atomic E-state index is 13.0. The lowest BCUT2D eigenvalue weighted by Crippen LogP contribution is -2.28. The molecule has 1 aliphatic carbocycles. The van der Waals surface area contributed by atoms with Crippen molar-refractivity contribution in [1.82, 2.24) is 4.72 Å². The van der Waals surface area contributed by atoms with Crippen LogP contribution >= 0.6 is 0 Å². The molecule has 1 fully saturated rings. The smallest absolute Gasteiger partial charge is 0.240 e. The minimum atomic E-state index is -3.70. The zero-order valence-electron chi connectivity index (χ0n) is 14.4. The van der Waals surface area contributed by atoms with Crippen LogP contribution in [0.25, 0.3) is 0 Å². The number of carbonyl (C=O) groups excluding carboxylic acids is 1. The van der Waals surface area contributed by atoms with Gasteiger partial charge in [-0.05, 0) is 61.7 Å². The van der Waals surface area contributed by atoms with E-state index >= 15 is 0 Å². The molecule has 1 heterocycles. The average Bonchev–Trinajstić information content (AvgIpc) is 3.28. The summed E-state index contributed by atoms with van der Waals surface area (Å²) in [6.07, 6.45) is 0.682. The van der Waals surface area contributed by atoms with E-state index in [-0.39, 0.29) is 28.6 Å². The molecule has 0 spiro atoms. The highest BCUT2D eigenvalue weighted by molar-refractivity contribution is 7.89. The van der Waals surface area contributed by atoms with Crippen molar-refractivity contribution in [2.45, 2.75) is 42.5 Å². The quantitative estimate of drug-likeness (QED) is 0.864. The van der Waals surface area contributed by atoms with Crippen LogP contribution in [0.15, 0.2) is 47.4 Å². The Morgan fingerprint density at radius 3 is 2.54 bits per heavy atom. The predicted octanol–water partition coefficient (Wildman–Crippen LogP) is 2.89. The lowest BCUT2D eigenvalue weighted by atomic mass is 9.86. The molecular formula is C19H19FN2O3S. The molecule has 7 heteroatoms. The van der Waals surface area contributed by atoms with Crippen molar-refractivity contribution in [3.8, 4) is 0 Å². The molecule has 5 nitrogen and oxygen atoms in total. The van der Waals surface area contributed by atoms with Gasteiger partial charge in [0.05, 0.1) is 10.3 Å². The van der Waals surface area contributed by atoms with Crippen molar-refractivity contribution in [2.75, 3.05) is 5.32 Å². The van der Waals surface area contributed by atoms with Gasteiger partial charge in [0.2, 0.25) is 15.9 Å². The summed E-state index contributed by atoms with van der Waals surface area (Å²) in [5.74, 6) is -0.400. The Morgan fingerprint density at radius 1 is 1.15 bits per heavy atom. The number of fused-ring (bicyclic) bond motifs is 1. The maximum Gasteiger partial charge on any atom is 0.240 e. The molecule has 2 atom stereocenters. The Kier molecular flexibility index (Phi) is 3.71. The van der Waals surface area contributed by atoms with Gasteiger partial charge in [0.1, 0.15) is 5.82 Å². The molecule has 0 bridgehead atoms. The van der Waals surface area contributed by atoms with E-state index in [1.807, 2.05) is 0 Å². The van der Waals surface area contributed by atoms with Gasteiger partial charge in [-0.25, -0.2) is 17.5 Å². The molecule has 2 aromatic carbocycles. The van der Waals surface area contributed by atoms with Crippen LogP contribution in [0.1, 0.15) is 37.3 Å². The summed E-state index contributed by atoms with van der Waals surface area (Å²) >= 11 is 0. The van der Waals surface area contributed by atoms with Gasteiger partial charge in [-0.15, -0.1) is 0 Å². The van der Waals surface area contributed by atoms with Crippen molar-refractivity contribution in [1.29, 1.82) is 0 Å². The average molecular weight is 374 g/mol. The highest BCUT2D eigenvalue weighted by Crippen LogP contribution is 2.42. The lowest BCUT2D eigenvalue weighted by molar-refractivity contribution is -0.119. The third-order valence-electron chi connectivity index (χ3n) is 5.19. The Balaban J connectivity index is 1.55. The van der Waals surface area contributed by atoms with Crippen molar-refractivity contribution in [2.24, 2.45) is 0 Å². The Labute approximate surface area is 151 Å². The first kappa shape index (κ1) is 17.2. The van der Waals surface area contributed by atoms with Crippen molar-refractivity contribution < 1.29 is 17.6 Å². The largest absolute Gasteiger partial charge is 0.325 e. The number of anilines is 1. The second kappa shape index (κ2) is 5.62. The van der Waals surface area contributed by atoms with Crippen molar-refractivity contribution in [3.05, 3.63) is 59.4 Å². The highest BCUT2D eigenvalue weighted by Gasteiger charge is 2.42. The predicted molar refractivity (Wildman–Crippen MR) is 96.0 cm³/mol. The first-order chi connectivity index (χ1) is 12.2. The zero-order chi connectivity index (χ0) is 18.7. The number of benzene rings is 2. The van der Waals surface area contributed by atoms with Crippen LogP contribution in [-0.4, -0.2) is 20.4 Å². The zero-order valence-corrected chi connectivity index (χ0v) is 15.2. The SMILES string of the molecule is CC1(C)C(=O)Nc2ccc(S(=O)(=O)N[C@@H]3C[C@H]3c3ccc(F)cc3)cc21. The van der Waals surface area contributed by atoms with Gasteiger partial charge < -0.3 is 5.32 Å². The molecular weight excluding hydrogens is 355 g/mol. The van der Waals surface area contributed by atoms with Gasteiger partial charge in [-0.1, -0.05) is 12.1 Å². The summed E-state index contributed by atoms with van der Waals surface area (Å²) in [4.78, 5) is 12.2. The van der Waals surface area contributed by atoms with Crippen LogP contribution in [-0.2, 0) is 20.2 Å². The molecule has 2 aliphatic rings. The fourth-order valence-electron chi connectivity index (χ4n) is 3.39. The number of carbonyl (C=O) groups is 1. The summed E-state index contributed by atoms with van der Waals surface area (Å²) in [6, 6.07) is 10.6. The topological polar surface area (TPSA) is 75.3 Å². The van der Waals surface area contributed by atoms with Crippen LogP contribution in [0.4, 0.5) is 10.1 Å². The molecule has 4 rings (SSSR count). The van der Waals surface area contributed by atoms with E-state index in [2.05, 4.69) is 10.0 Å². The Hall–Kier alpha value is -2.25. The van der Waals surface area contributed by atoms with E-state index in [1.165, 1.54) is 18.2 Å². The summed E-state index contributed by atoms with van der Waals surface area (Å²) in [5.41, 5.74) is 1.48. The van der Waals surface area contributed by atoms with Gasteiger partial charge >= 0.3 is 0 Å². The van der Waals surface area contributed by atoms with Crippen molar-refractivity contribution in [3.63, 3.8) is 0 Å². The minimum Gasteiger partial charge on any atom is -0.325 e. The van der Waals surface area contributed by atoms with Gasteiger partial charge in [-0.3, -0.25) is 4.79 Å². The monoisotopic (exact) mass is 374 g/mol. The van der Waals surface area contributed by atoms with E-state index in [1.54, 1.807) is 38.1 Å². The highest BCUT2D eigenvalue weighted by atomic mass is 32.2. The standard InChI is InChI=1S/C19H19FN2O3S/c1-19(2)15-9-13(7-8-16(15)21-18(19)23)26(24,25)22-17-10-14(17)11-3-5-12(20)6-4-11/h3-9,14,17,22H,10H2,1-2H3,(H,21,23)/t14-,17+/m0/s1. The molecule has 0 saturated heterocycles. The van der Waals surface area contributed by atoms with Gasteiger partial charge in [0.25, 0.3) is 0 Å². The summed E-state index contributed by atoms with van der Waals surface area (Å²) in [7, 11) is -3.70. The van der Waals surface area contributed by atoms with E-state index in [0.29, 0.717) is 17.7 Å². The molecule has 2 aromatic rings. The molecule has 1 amide bonds. The second-order valence-electron chi connectivity index (χ2n) is 7.41. The summed E-state index contributed by atoms with van der Waals surface area (Å²) in [5, 5.41) is 2.77. The molecule has 0 unspecified atom stereocenters. The lowest BCUT2D eigenvalue weighted by Gasteiger charge is -2.16. The molecule has 1 aliphatic heterocycles. The van der Waals surface area contributed by atoms with Crippen LogP contribution in [0.2, 0.25) is 0 Å². The number of hydrogen-bond acceptors (Lipinski definition) is 3. The first-order valence-corrected chi connectivity index (χ1v) is 9.90. The minimum absolute atomic E-state index is 0.0551. The van der Waals surface area contributed by atoms with Crippen LogP contribution in [0, 0.1) is 5.82 Å². The second-order valence-corrected chi connectivity index (χ2v) is 9.12. The molecule has 1 saturated carbocycles.